The number of benzene rings is 2. The Bertz CT molecular complexity index is 1300. The fraction of sp³-hybridized carbons (Fsp3) is 0.581. The summed E-state index contributed by atoms with van der Waals surface area (Å²) in [5.74, 6) is -2.86. The summed E-state index contributed by atoms with van der Waals surface area (Å²) in [5.41, 5.74) is -4.45. The molecule has 1 unspecified atom stereocenters. The van der Waals surface area contributed by atoms with Crippen molar-refractivity contribution in [2.24, 2.45) is 0 Å². The minimum Gasteiger partial charge on any atom is -0.412 e. The van der Waals surface area contributed by atoms with Crippen molar-refractivity contribution >= 4 is 30.7 Å². The molecule has 0 aliphatic carbocycles. The molecule has 1 amide bonds. The van der Waals surface area contributed by atoms with E-state index in [1.165, 1.54) is 25.3 Å². The number of hydrogen-bond acceptors (Lipinski definition) is 4. The smallest absolute Gasteiger partial charge is 0.412 e. The number of halogens is 10. The molecule has 3 saturated heterocycles. The topological polar surface area (TPSA) is 67.5 Å². The summed E-state index contributed by atoms with van der Waals surface area (Å²) in [7, 11) is 0. The van der Waals surface area contributed by atoms with E-state index in [-0.39, 0.29) is 60.4 Å². The average Bonchev–Trinajstić information content (AvgIpc) is 2.99. The predicted molar refractivity (Wildman–Crippen MR) is 163 cm³/mol. The van der Waals surface area contributed by atoms with Crippen LogP contribution in [0.2, 0.25) is 0 Å². The van der Waals surface area contributed by atoms with Crippen molar-refractivity contribution < 1.29 is 50.1 Å². The second-order valence-electron chi connectivity index (χ2n) is 12.0. The number of nitrogens with zero attached hydrogens (tertiary/aromatic N) is 3. The quantitative estimate of drug-likeness (QED) is 0.302. The predicted octanol–water partition coefficient (Wildman–Crippen LogP) is 6.62. The summed E-state index contributed by atoms with van der Waals surface area (Å²) in [6, 6.07) is 4.94. The zero-order valence-electron chi connectivity index (χ0n) is 25.4. The second-order valence-corrected chi connectivity index (χ2v) is 12.0. The molecule has 0 spiro atoms. The zero-order chi connectivity index (χ0) is 31.7. The first-order valence-electron chi connectivity index (χ1n) is 14.9. The molecular formula is C31H39Cl2F8N3O3. The van der Waals surface area contributed by atoms with Gasteiger partial charge in [0.25, 0.3) is 0 Å². The molecule has 0 saturated carbocycles. The van der Waals surface area contributed by atoms with Gasteiger partial charge < -0.3 is 24.9 Å². The van der Waals surface area contributed by atoms with Crippen LogP contribution in [0.1, 0.15) is 60.8 Å². The van der Waals surface area contributed by atoms with E-state index in [9.17, 15) is 39.9 Å². The van der Waals surface area contributed by atoms with Crippen molar-refractivity contribution in [1.29, 1.82) is 0 Å². The van der Waals surface area contributed by atoms with Crippen LogP contribution in [0.3, 0.4) is 0 Å². The number of morpholine rings is 1. The number of rotatable bonds is 7. The Balaban J connectivity index is 0.00000256. The molecule has 3 aliphatic heterocycles. The molecule has 1 atom stereocenters. The molecule has 2 aromatic carbocycles. The molecule has 2 N–H and O–H groups in total. The summed E-state index contributed by atoms with van der Waals surface area (Å²) in [6.07, 6.45) is -4.25. The molecule has 6 nitrogen and oxygen atoms in total. The Morgan fingerprint density at radius 3 is 1.96 bits per heavy atom. The molecule has 0 radical (unpaired) electrons. The number of ether oxygens (including phenoxy) is 1. The van der Waals surface area contributed by atoms with Gasteiger partial charge in [-0.3, -0.25) is 4.79 Å². The normalized spacial score (nSPS) is 21.9. The molecule has 16 heteroatoms. The zero-order valence-corrected chi connectivity index (χ0v) is 27.1. The second kappa shape index (κ2) is 16.4. The SMILES string of the molecule is Cl.Cl.O.O=C1COC(CCN2CCC(N3CCCCC3)CC2)(c2ccc(F)c(F)c2)CN1Cc1cc(C(F)(F)F)cc(C(F)(F)F)c1. The van der Waals surface area contributed by atoms with E-state index in [1.807, 2.05) is 0 Å². The maximum atomic E-state index is 14.4. The molecule has 0 bridgehead atoms. The van der Waals surface area contributed by atoms with Crippen LogP contribution in [0, 0.1) is 11.6 Å². The molecule has 5 rings (SSSR count). The first kappa shape index (κ1) is 40.9. The van der Waals surface area contributed by atoms with Crippen LogP contribution in [0.5, 0.6) is 0 Å². The van der Waals surface area contributed by atoms with Gasteiger partial charge in [-0.25, -0.2) is 8.78 Å². The van der Waals surface area contributed by atoms with Crippen molar-refractivity contribution in [2.45, 2.75) is 69.1 Å². The van der Waals surface area contributed by atoms with Crippen LogP contribution in [0.4, 0.5) is 35.1 Å². The lowest BCUT2D eigenvalue weighted by Gasteiger charge is -2.45. The largest absolute Gasteiger partial charge is 0.416 e. The maximum absolute atomic E-state index is 14.4. The minimum absolute atomic E-state index is 0. The van der Waals surface area contributed by atoms with E-state index in [0.29, 0.717) is 24.7 Å². The monoisotopic (exact) mass is 723 g/mol. The van der Waals surface area contributed by atoms with Gasteiger partial charge >= 0.3 is 12.4 Å². The van der Waals surface area contributed by atoms with Gasteiger partial charge in [0.1, 0.15) is 12.2 Å². The minimum atomic E-state index is -5.04. The molecule has 3 fully saturated rings. The Labute approximate surface area is 280 Å². The van der Waals surface area contributed by atoms with Crippen molar-refractivity contribution in [3.63, 3.8) is 0 Å². The van der Waals surface area contributed by atoms with Gasteiger partial charge in [0.2, 0.25) is 5.91 Å². The summed E-state index contributed by atoms with van der Waals surface area (Å²) in [4.78, 5) is 18.8. The molecule has 2 aromatic rings. The Kier molecular flexibility index (Phi) is 14.3. The Morgan fingerprint density at radius 2 is 1.40 bits per heavy atom. The summed E-state index contributed by atoms with van der Waals surface area (Å²) >= 11 is 0. The molecule has 47 heavy (non-hydrogen) atoms. The van der Waals surface area contributed by atoms with Crippen molar-refractivity contribution in [1.82, 2.24) is 14.7 Å². The van der Waals surface area contributed by atoms with Crippen LogP contribution in [-0.2, 0) is 34.0 Å². The fourth-order valence-electron chi connectivity index (χ4n) is 6.59. The highest BCUT2D eigenvalue weighted by atomic mass is 35.5. The number of likely N-dealkylation sites (tertiary alicyclic amines) is 2. The molecule has 3 heterocycles. The summed E-state index contributed by atoms with van der Waals surface area (Å²) in [5, 5.41) is 0. The third kappa shape index (κ3) is 9.91. The highest BCUT2D eigenvalue weighted by Crippen LogP contribution is 2.39. The molecular weight excluding hydrogens is 685 g/mol. The van der Waals surface area contributed by atoms with E-state index in [2.05, 4.69) is 9.80 Å². The van der Waals surface area contributed by atoms with Crippen LogP contribution < -0.4 is 0 Å². The summed E-state index contributed by atoms with van der Waals surface area (Å²) in [6.45, 7) is 2.94. The number of alkyl halides is 6. The van der Waals surface area contributed by atoms with Gasteiger partial charge in [-0.2, -0.15) is 26.3 Å². The lowest BCUT2D eigenvalue weighted by molar-refractivity contribution is -0.169. The number of piperidine rings is 2. The molecule has 266 valence electrons. The van der Waals surface area contributed by atoms with E-state index >= 15 is 0 Å². The molecule has 3 aliphatic rings. The van der Waals surface area contributed by atoms with E-state index in [4.69, 9.17) is 4.74 Å². The number of carbonyl (C=O) groups is 1. The number of carbonyl (C=O) groups excluding carboxylic acids is 1. The number of hydrogen-bond donors (Lipinski definition) is 0. The standard InChI is InChI=1S/C31H35F8N3O2.2ClH.H2O/c32-26-5-4-22(17-27(26)33)29(8-13-40-11-6-25(7-12-40)41-9-2-1-3-10-41)20-42(28(43)19-44-29)18-21-14-23(30(34,35)36)16-24(15-21)31(37,38)39;;;/h4-5,14-17,25H,1-3,6-13,18-20H2;2*1H;1H2. The maximum Gasteiger partial charge on any atom is 0.416 e. The van der Waals surface area contributed by atoms with Crippen molar-refractivity contribution in [3.8, 4) is 0 Å². The lowest BCUT2D eigenvalue weighted by Crippen LogP contribution is -2.54. The third-order valence-corrected chi connectivity index (χ3v) is 9.03. The van der Waals surface area contributed by atoms with Gasteiger partial charge in [0, 0.05) is 19.1 Å². The van der Waals surface area contributed by atoms with Crippen LogP contribution in [-0.4, -0.2) is 78.0 Å². The van der Waals surface area contributed by atoms with Crippen LogP contribution in [0.25, 0.3) is 0 Å². The highest BCUT2D eigenvalue weighted by Gasteiger charge is 2.43. The average molecular weight is 725 g/mol. The van der Waals surface area contributed by atoms with E-state index in [0.717, 1.165) is 56.1 Å². The molecule has 0 aromatic heterocycles. The van der Waals surface area contributed by atoms with Gasteiger partial charge in [-0.1, -0.05) is 12.5 Å². The summed E-state index contributed by atoms with van der Waals surface area (Å²) < 4.78 is 115. The van der Waals surface area contributed by atoms with E-state index < -0.39 is 59.8 Å². The van der Waals surface area contributed by atoms with Crippen LogP contribution in [0.15, 0.2) is 36.4 Å². The third-order valence-electron chi connectivity index (χ3n) is 9.03. The van der Waals surface area contributed by atoms with E-state index in [1.54, 1.807) is 0 Å². The Morgan fingerprint density at radius 1 is 0.809 bits per heavy atom. The lowest BCUT2D eigenvalue weighted by atomic mass is 9.87. The van der Waals surface area contributed by atoms with Gasteiger partial charge in [0.15, 0.2) is 11.6 Å². The van der Waals surface area contributed by atoms with Crippen molar-refractivity contribution in [3.05, 3.63) is 70.3 Å². The van der Waals surface area contributed by atoms with Gasteiger partial charge in [-0.05, 0) is 99.7 Å². The van der Waals surface area contributed by atoms with Gasteiger partial charge in [0.05, 0.1) is 17.7 Å². The van der Waals surface area contributed by atoms with Crippen molar-refractivity contribution in [2.75, 3.05) is 45.9 Å². The highest BCUT2D eigenvalue weighted by molar-refractivity contribution is 5.85. The first-order chi connectivity index (χ1) is 20.7. The van der Waals surface area contributed by atoms with Gasteiger partial charge in [-0.15, -0.1) is 24.8 Å². The van der Waals surface area contributed by atoms with Crippen LogP contribution >= 0.6 is 24.8 Å². The first-order valence-corrected chi connectivity index (χ1v) is 14.9. The number of amides is 1. The Hall–Kier alpha value is -2.23. The fourth-order valence-corrected chi connectivity index (χ4v) is 6.59.